The fourth-order valence-electron chi connectivity index (χ4n) is 1.92. The standard InChI is InChI=1S/C10H19NO/c1-8(2)11-5-9(3)4-10(6-11)7-12/h9-10,12H,1,4-7H2,2-3H3. The number of allylic oxidation sites excluding steroid dienone is 1. The van der Waals surface area contributed by atoms with Gasteiger partial charge in [-0.15, -0.1) is 0 Å². The van der Waals surface area contributed by atoms with Crippen LogP contribution < -0.4 is 0 Å². The Bertz CT molecular complexity index is 167. The van der Waals surface area contributed by atoms with Gasteiger partial charge in [0.2, 0.25) is 0 Å². The molecule has 70 valence electrons. The van der Waals surface area contributed by atoms with Crippen LogP contribution in [0.5, 0.6) is 0 Å². The van der Waals surface area contributed by atoms with E-state index in [9.17, 15) is 0 Å². The molecular weight excluding hydrogens is 150 g/mol. The summed E-state index contributed by atoms with van der Waals surface area (Å²) in [5.74, 6) is 1.14. The SMILES string of the molecule is C=C(C)N1CC(C)CC(CO)C1. The molecule has 2 unspecified atom stereocenters. The molecule has 2 heteroatoms. The third-order valence-corrected chi connectivity index (χ3v) is 2.54. The topological polar surface area (TPSA) is 23.5 Å². The molecular formula is C10H19NO. The van der Waals surface area contributed by atoms with Crippen molar-refractivity contribution in [2.24, 2.45) is 11.8 Å². The number of aliphatic hydroxyl groups is 1. The molecule has 0 aromatic heterocycles. The zero-order valence-electron chi connectivity index (χ0n) is 8.08. The minimum absolute atomic E-state index is 0.314. The Kier molecular flexibility index (Phi) is 3.15. The van der Waals surface area contributed by atoms with Gasteiger partial charge in [0.15, 0.2) is 0 Å². The highest BCUT2D eigenvalue weighted by Crippen LogP contribution is 2.23. The lowest BCUT2D eigenvalue weighted by atomic mass is 9.91. The van der Waals surface area contributed by atoms with Crippen LogP contribution in [0.2, 0.25) is 0 Å². The maximum atomic E-state index is 9.05. The van der Waals surface area contributed by atoms with Crippen LogP contribution in [0.15, 0.2) is 12.3 Å². The first-order valence-corrected chi connectivity index (χ1v) is 4.64. The Morgan fingerprint density at radius 3 is 2.75 bits per heavy atom. The Morgan fingerprint density at radius 2 is 2.25 bits per heavy atom. The second-order valence-electron chi connectivity index (χ2n) is 4.03. The number of rotatable bonds is 2. The van der Waals surface area contributed by atoms with Crippen molar-refractivity contribution in [2.45, 2.75) is 20.3 Å². The summed E-state index contributed by atoms with van der Waals surface area (Å²) in [6.45, 7) is 10.6. The van der Waals surface area contributed by atoms with Gasteiger partial charge in [-0.3, -0.25) is 0 Å². The van der Waals surface area contributed by atoms with Gasteiger partial charge in [0.1, 0.15) is 0 Å². The number of hydrogen-bond acceptors (Lipinski definition) is 2. The van der Waals surface area contributed by atoms with Gasteiger partial charge in [-0.2, -0.15) is 0 Å². The lowest BCUT2D eigenvalue weighted by Gasteiger charge is -2.37. The minimum Gasteiger partial charge on any atom is -0.396 e. The van der Waals surface area contributed by atoms with Gasteiger partial charge >= 0.3 is 0 Å². The van der Waals surface area contributed by atoms with Crippen molar-refractivity contribution < 1.29 is 5.11 Å². The van der Waals surface area contributed by atoms with Crippen molar-refractivity contribution >= 4 is 0 Å². The third kappa shape index (κ3) is 2.24. The normalized spacial score (nSPS) is 30.4. The van der Waals surface area contributed by atoms with E-state index < -0.39 is 0 Å². The molecule has 1 N–H and O–H groups in total. The highest BCUT2D eigenvalue weighted by Gasteiger charge is 2.23. The summed E-state index contributed by atoms with van der Waals surface area (Å²) in [5, 5.41) is 9.05. The average molecular weight is 169 g/mol. The monoisotopic (exact) mass is 169 g/mol. The molecule has 1 aliphatic heterocycles. The first-order valence-electron chi connectivity index (χ1n) is 4.64. The van der Waals surface area contributed by atoms with Crippen molar-refractivity contribution in [3.8, 4) is 0 Å². The Balaban J connectivity index is 2.51. The summed E-state index contributed by atoms with van der Waals surface area (Å²) in [6.07, 6.45) is 1.15. The van der Waals surface area contributed by atoms with Gasteiger partial charge < -0.3 is 10.0 Å². The molecule has 0 saturated carbocycles. The largest absolute Gasteiger partial charge is 0.396 e. The molecule has 1 rings (SSSR count). The zero-order valence-corrected chi connectivity index (χ0v) is 8.08. The quantitative estimate of drug-likeness (QED) is 0.676. The molecule has 1 heterocycles. The van der Waals surface area contributed by atoms with Crippen LogP contribution in [0, 0.1) is 11.8 Å². The molecule has 0 aliphatic carbocycles. The van der Waals surface area contributed by atoms with Crippen molar-refractivity contribution in [3.05, 3.63) is 12.3 Å². The van der Waals surface area contributed by atoms with Crippen molar-refractivity contribution in [1.29, 1.82) is 0 Å². The van der Waals surface area contributed by atoms with Gasteiger partial charge in [0.05, 0.1) is 0 Å². The second-order valence-corrected chi connectivity index (χ2v) is 4.03. The highest BCUT2D eigenvalue weighted by molar-refractivity contribution is 4.93. The number of nitrogens with zero attached hydrogens (tertiary/aromatic N) is 1. The molecule has 0 amide bonds. The molecule has 0 aromatic rings. The summed E-state index contributed by atoms with van der Waals surface area (Å²) in [6, 6.07) is 0. The highest BCUT2D eigenvalue weighted by atomic mass is 16.3. The molecule has 12 heavy (non-hydrogen) atoms. The number of aliphatic hydroxyl groups excluding tert-OH is 1. The number of piperidine rings is 1. The minimum atomic E-state index is 0.314. The Hall–Kier alpha value is -0.500. The van der Waals surface area contributed by atoms with Crippen molar-refractivity contribution in [1.82, 2.24) is 4.90 Å². The molecule has 2 nitrogen and oxygen atoms in total. The van der Waals surface area contributed by atoms with Gasteiger partial charge in [0.25, 0.3) is 0 Å². The molecule has 2 atom stereocenters. The summed E-state index contributed by atoms with van der Waals surface area (Å²) in [5.41, 5.74) is 1.12. The van der Waals surface area contributed by atoms with E-state index in [1.54, 1.807) is 0 Å². The van der Waals surface area contributed by atoms with Gasteiger partial charge in [-0.25, -0.2) is 0 Å². The van der Waals surface area contributed by atoms with E-state index in [0.717, 1.165) is 25.2 Å². The lowest BCUT2D eigenvalue weighted by Crippen LogP contribution is -2.39. The van der Waals surface area contributed by atoms with Crippen molar-refractivity contribution in [3.63, 3.8) is 0 Å². The summed E-state index contributed by atoms with van der Waals surface area (Å²) < 4.78 is 0. The molecule has 0 spiro atoms. The zero-order chi connectivity index (χ0) is 9.14. The summed E-state index contributed by atoms with van der Waals surface area (Å²) in [7, 11) is 0. The lowest BCUT2D eigenvalue weighted by molar-refractivity contribution is 0.113. The molecule has 1 saturated heterocycles. The maximum absolute atomic E-state index is 9.05. The van der Waals surface area contributed by atoms with E-state index in [1.807, 2.05) is 6.92 Å². The van der Waals surface area contributed by atoms with Crippen LogP contribution in [0.4, 0.5) is 0 Å². The van der Waals surface area contributed by atoms with Crippen LogP contribution in [0.3, 0.4) is 0 Å². The van der Waals surface area contributed by atoms with Crippen LogP contribution in [-0.2, 0) is 0 Å². The van der Waals surface area contributed by atoms with Gasteiger partial charge in [-0.05, 0) is 25.2 Å². The number of likely N-dealkylation sites (tertiary alicyclic amines) is 1. The van der Waals surface area contributed by atoms with Crippen LogP contribution in [0.25, 0.3) is 0 Å². The van der Waals surface area contributed by atoms with Gasteiger partial charge in [0, 0.05) is 25.4 Å². The molecule has 1 fully saturated rings. The molecule has 0 bridgehead atoms. The predicted molar refractivity (Wildman–Crippen MR) is 50.7 cm³/mol. The van der Waals surface area contributed by atoms with Crippen LogP contribution >= 0.6 is 0 Å². The van der Waals surface area contributed by atoms with Crippen LogP contribution in [0.1, 0.15) is 20.3 Å². The molecule has 1 aliphatic rings. The summed E-state index contributed by atoms with van der Waals surface area (Å²) in [4.78, 5) is 2.27. The van der Waals surface area contributed by atoms with Crippen molar-refractivity contribution in [2.75, 3.05) is 19.7 Å². The second kappa shape index (κ2) is 3.94. The smallest absolute Gasteiger partial charge is 0.0476 e. The van der Waals surface area contributed by atoms with E-state index >= 15 is 0 Å². The first-order chi connectivity index (χ1) is 5.63. The molecule has 0 aromatic carbocycles. The third-order valence-electron chi connectivity index (χ3n) is 2.54. The first kappa shape index (κ1) is 9.59. The number of hydrogen-bond donors (Lipinski definition) is 1. The predicted octanol–water partition coefficient (Wildman–Crippen LogP) is 1.47. The molecule has 0 radical (unpaired) electrons. The fourth-order valence-corrected chi connectivity index (χ4v) is 1.92. The van der Waals surface area contributed by atoms with Crippen LogP contribution in [-0.4, -0.2) is 29.7 Å². The average Bonchev–Trinajstić information content (AvgIpc) is 2.03. The van der Waals surface area contributed by atoms with E-state index in [-0.39, 0.29) is 0 Å². The Labute approximate surface area is 74.9 Å². The van der Waals surface area contributed by atoms with E-state index in [2.05, 4.69) is 18.4 Å². The van der Waals surface area contributed by atoms with E-state index in [4.69, 9.17) is 5.11 Å². The summed E-state index contributed by atoms with van der Waals surface area (Å²) >= 11 is 0. The van der Waals surface area contributed by atoms with Gasteiger partial charge in [-0.1, -0.05) is 13.5 Å². The van der Waals surface area contributed by atoms with E-state index in [0.29, 0.717) is 18.4 Å². The van der Waals surface area contributed by atoms with E-state index in [1.165, 1.54) is 0 Å². The maximum Gasteiger partial charge on any atom is 0.0476 e. The Morgan fingerprint density at radius 1 is 1.58 bits per heavy atom. The fraction of sp³-hybridized carbons (Fsp3) is 0.800.